The number of hydrazine groups is 1. The van der Waals surface area contributed by atoms with Gasteiger partial charge in [0.15, 0.2) is 11.6 Å². The standard InChI is InChI=1S/C14H19F2N3O/c1-8(2)7-19(10-3-4-10)14(20)9-5-11(15)13(18-17)12(16)6-9/h5-6,8,10,18H,3-4,7,17H2,1-2H3. The summed E-state index contributed by atoms with van der Waals surface area (Å²) in [4.78, 5) is 14.1. The highest BCUT2D eigenvalue weighted by Crippen LogP contribution is 2.30. The van der Waals surface area contributed by atoms with E-state index in [0.717, 1.165) is 25.0 Å². The number of carbonyl (C=O) groups is 1. The van der Waals surface area contributed by atoms with Crippen molar-refractivity contribution in [2.24, 2.45) is 11.8 Å². The molecule has 3 N–H and O–H groups in total. The first-order valence-corrected chi connectivity index (χ1v) is 6.70. The first-order valence-electron chi connectivity index (χ1n) is 6.70. The molecule has 4 nitrogen and oxygen atoms in total. The molecule has 0 spiro atoms. The highest BCUT2D eigenvalue weighted by Gasteiger charge is 2.33. The Hall–Kier alpha value is -1.69. The second-order valence-electron chi connectivity index (χ2n) is 5.54. The molecule has 0 aliphatic heterocycles. The van der Waals surface area contributed by atoms with Gasteiger partial charge in [0.05, 0.1) is 0 Å². The fourth-order valence-corrected chi connectivity index (χ4v) is 2.18. The Morgan fingerprint density at radius 2 is 1.95 bits per heavy atom. The summed E-state index contributed by atoms with van der Waals surface area (Å²) in [7, 11) is 0. The number of nitrogens with two attached hydrogens (primary N) is 1. The Morgan fingerprint density at radius 3 is 2.35 bits per heavy atom. The molecule has 1 saturated carbocycles. The largest absolute Gasteiger partial charge is 0.335 e. The average molecular weight is 283 g/mol. The molecular formula is C14H19F2N3O. The van der Waals surface area contributed by atoms with Crippen molar-refractivity contribution in [1.29, 1.82) is 0 Å². The summed E-state index contributed by atoms with van der Waals surface area (Å²) in [5.74, 6) is 3.28. The minimum atomic E-state index is -0.865. The summed E-state index contributed by atoms with van der Waals surface area (Å²) in [5, 5.41) is 0. The Morgan fingerprint density at radius 1 is 1.40 bits per heavy atom. The Bertz CT molecular complexity index is 492. The molecule has 1 aliphatic rings. The second-order valence-corrected chi connectivity index (χ2v) is 5.54. The molecule has 0 heterocycles. The van der Waals surface area contributed by atoms with Gasteiger partial charge >= 0.3 is 0 Å². The first-order chi connectivity index (χ1) is 9.43. The number of hydrogen-bond donors (Lipinski definition) is 2. The number of nitrogen functional groups attached to an aromatic ring is 1. The quantitative estimate of drug-likeness (QED) is 0.645. The molecule has 1 fully saturated rings. The van der Waals surface area contributed by atoms with Crippen LogP contribution in [0.5, 0.6) is 0 Å². The highest BCUT2D eigenvalue weighted by molar-refractivity contribution is 5.95. The summed E-state index contributed by atoms with van der Waals surface area (Å²) < 4.78 is 27.3. The number of hydrogen-bond acceptors (Lipinski definition) is 3. The van der Waals surface area contributed by atoms with Gasteiger partial charge in [-0.05, 0) is 30.9 Å². The highest BCUT2D eigenvalue weighted by atomic mass is 19.1. The third kappa shape index (κ3) is 3.07. The molecule has 0 unspecified atom stereocenters. The number of carbonyl (C=O) groups excluding carboxylic acids is 1. The first kappa shape index (κ1) is 14.7. The molecular weight excluding hydrogens is 264 g/mol. The van der Waals surface area contributed by atoms with Crippen molar-refractivity contribution in [2.45, 2.75) is 32.7 Å². The van der Waals surface area contributed by atoms with E-state index in [9.17, 15) is 13.6 Å². The molecule has 2 rings (SSSR count). The van der Waals surface area contributed by atoms with Crippen LogP contribution in [-0.4, -0.2) is 23.4 Å². The fourth-order valence-electron chi connectivity index (χ4n) is 2.18. The van der Waals surface area contributed by atoms with Crippen LogP contribution in [0.25, 0.3) is 0 Å². The molecule has 1 amide bonds. The van der Waals surface area contributed by atoms with E-state index in [4.69, 9.17) is 5.84 Å². The van der Waals surface area contributed by atoms with Gasteiger partial charge in [-0.15, -0.1) is 0 Å². The summed E-state index contributed by atoms with van der Waals surface area (Å²) in [6, 6.07) is 2.25. The molecule has 0 bridgehead atoms. The van der Waals surface area contributed by atoms with Gasteiger partial charge in [0, 0.05) is 18.2 Å². The second kappa shape index (κ2) is 5.75. The summed E-state index contributed by atoms with van der Waals surface area (Å²) in [5.41, 5.74) is 1.54. The lowest BCUT2D eigenvalue weighted by Gasteiger charge is -2.24. The van der Waals surface area contributed by atoms with E-state index in [0.29, 0.717) is 12.5 Å². The SMILES string of the molecule is CC(C)CN(C(=O)c1cc(F)c(NN)c(F)c1)C1CC1. The van der Waals surface area contributed by atoms with Crippen LogP contribution in [0.4, 0.5) is 14.5 Å². The molecule has 0 radical (unpaired) electrons. The minimum Gasteiger partial charge on any atom is -0.335 e. The van der Waals surface area contributed by atoms with Crippen LogP contribution < -0.4 is 11.3 Å². The maximum Gasteiger partial charge on any atom is 0.254 e. The predicted molar refractivity (Wildman–Crippen MR) is 73.1 cm³/mol. The zero-order chi connectivity index (χ0) is 14.9. The topological polar surface area (TPSA) is 58.4 Å². The molecule has 110 valence electrons. The van der Waals surface area contributed by atoms with Crippen LogP contribution in [0.1, 0.15) is 37.0 Å². The van der Waals surface area contributed by atoms with Gasteiger partial charge in [0.1, 0.15) is 5.69 Å². The molecule has 20 heavy (non-hydrogen) atoms. The molecule has 6 heteroatoms. The zero-order valence-corrected chi connectivity index (χ0v) is 11.6. The average Bonchev–Trinajstić information content (AvgIpc) is 3.18. The third-order valence-electron chi connectivity index (χ3n) is 3.24. The minimum absolute atomic E-state index is 0.0200. The van der Waals surface area contributed by atoms with E-state index < -0.39 is 17.3 Å². The van der Waals surface area contributed by atoms with E-state index in [1.807, 2.05) is 19.3 Å². The van der Waals surface area contributed by atoms with E-state index in [2.05, 4.69) is 0 Å². The molecule has 0 aromatic heterocycles. The van der Waals surface area contributed by atoms with E-state index in [-0.39, 0.29) is 17.5 Å². The van der Waals surface area contributed by atoms with Crippen LogP contribution >= 0.6 is 0 Å². The fraction of sp³-hybridized carbons (Fsp3) is 0.500. The van der Waals surface area contributed by atoms with Crippen LogP contribution in [0.2, 0.25) is 0 Å². The summed E-state index contributed by atoms with van der Waals surface area (Å²) in [6.45, 7) is 4.60. The third-order valence-corrected chi connectivity index (χ3v) is 3.24. The number of anilines is 1. The van der Waals surface area contributed by atoms with Crippen molar-refractivity contribution in [1.82, 2.24) is 4.90 Å². The molecule has 1 aliphatic carbocycles. The maximum atomic E-state index is 13.7. The lowest BCUT2D eigenvalue weighted by molar-refractivity contribution is 0.0721. The lowest BCUT2D eigenvalue weighted by atomic mass is 10.1. The van der Waals surface area contributed by atoms with Crippen molar-refractivity contribution in [3.63, 3.8) is 0 Å². The van der Waals surface area contributed by atoms with E-state index in [1.165, 1.54) is 0 Å². The number of rotatable bonds is 5. The molecule has 0 saturated heterocycles. The van der Waals surface area contributed by atoms with Gasteiger partial charge in [0.25, 0.3) is 5.91 Å². The van der Waals surface area contributed by atoms with Crippen LogP contribution in [0, 0.1) is 17.6 Å². The Kier molecular flexibility index (Phi) is 4.23. The molecule has 1 aromatic rings. The number of nitrogens with one attached hydrogen (secondary N) is 1. The predicted octanol–water partition coefficient (Wildman–Crippen LogP) is 2.51. The van der Waals surface area contributed by atoms with Crippen molar-refractivity contribution >= 4 is 11.6 Å². The number of amides is 1. The zero-order valence-electron chi connectivity index (χ0n) is 11.6. The number of halogens is 2. The van der Waals surface area contributed by atoms with E-state index in [1.54, 1.807) is 4.90 Å². The van der Waals surface area contributed by atoms with Crippen LogP contribution in [0.15, 0.2) is 12.1 Å². The van der Waals surface area contributed by atoms with Crippen LogP contribution in [0.3, 0.4) is 0 Å². The van der Waals surface area contributed by atoms with Crippen molar-refractivity contribution < 1.29 is 13.6 Å². The van der Waals surface area contributed by atoms with Crippen molar-refractivity contribution in [3.8, 4) is 0 Å². The number of nitrogens with zero attached hydrogens (tertiary/aromatic N) is 1. The summed E-state index contributed by atoms with van der Waals surface area (Å²) >= 11 is 0. The smallest absolute Gasteiger partial charge is 0.254 e. The van der Waals surface area contributed by atoms with Gasteiger partial charge in [0.2, 0.25) is 0 Å². The number of benzene rings is 1. The van der Waals surface area contributed by atoms with Gasteiger partial charge in [-0.2, -0.15) is 0 Å². The van der Waals surface area contributed by atoms with Crippen LogP contribution in [-0.2, 0) is 0 Å². The summed E-state index contributed by atoms with van der Waals surface area (Å²) in [6.07, 6.45) is 1.90. The Balaban J connectivity index is 2.27. The van der Waals surface area contributed by atoms with Gasteiger partial charge < -0.3 is 10.3 Å². The molecule has 1 aromatic carbocycles. The van der Waals surface area contributed by atoms with Gasteiger partial charge in [-0.25, -0.2) is 8.78 Å². The van der Waals surface area contributed by atoms with Gasteiger partial charge in [-0.1, -0.05) is 13.8 Å². The normalized spacial score (nSPS) is 14.5. The van der Waals surface area contributed by atoms with Gasteiger partial charge in [-0.3, -0.25) is 10.6 Å². The lowest BCUT2D eigenvalue weighted by Crippen LogP contribution is -2.36. The maximum absolute atomic E-state index is 13.7. The molecule has 0 atom stereocenters. The Labute approximate surface area is 116 Å². The van der Waals surface area contributed by atoms with E-state index >= 15 is 0 Å². The monoisotopic (exact) mass is 283 g/mol. The van der Waals surface area contributed by atoms with Crippen molar-refractivity contribution in [3.05, 3.63) is 29.3 Å². The van der Waals surface area contributed by atoms with Crippen molar-refractivity contribution in [2.75, 3.05) is 12.0 Å².